The minimum atomic E-state index is -1.88. The Hall–Kier alpha value is -4.24. The van der Waals surface area contributed by atoms with Gasteiger partial charge in [0, 0.05) is 24.8 Å². The maximum atomic E-state index is 14.1. The zero-order chi connectivity index (χ0) is 36.0. The van der Waals surface area contributed by atoms with Crippen molar-refractivity contribution >= 4 is 29.3 Å². The van der Waals surface area contributed by atoms with Crippen LogP contribution in [0.15, 0.2) is 30.3 Å². The molecule has 1 aliphatic rings. The average Bonchev–Trinajstić information content (AvgIpc) is 3.24. The molecule has 15 heteroatoms. The van der Waals surface area contributed by atoms with E-state index in [2.05, 4.69) is 10.6 Å². The van der Waals surface area contributed by atoms with Crippen LogP contribution >= 0.6 is 0 Å². The van der Waals surface area contributed by atoms with Crippen LogP contribution in [0.1, 0.15) is 53.5 Å². The predicted molar refractivity (Wildman–Crippen MR) is 165 cm³/mol. The van der Waals surface area contributed by atoms with Crippen molar-refractivity contribution in [1.29, 1.82) is 0 Å². The van der Waals surface area contributed by atoms with Crippen LogP contribution in [0.3, 0.4) is 0 Å². The highest BCUT2D eigenvalue weighted by Crippen LogP contribution is 2.30. The Balaban J connectivity index is 1.76. The number of carbonyl (C=O) groups is 4. The van der Waals surface area contributed by atoms with Crippen LogP contribution in [0.2, 0.25) is 0 Å². The Morgan fingerprint density at radius 3 is 2.25 bits per heavy atom. The number of halogens is 4. The first-order valence-corrected chi connectivity index (χ1v) is 15.2. The molecule has 0 aliphatic carbocycles. The molecule has 3 rings (SSSR count). The Morgan fingerprint density at radius 2 is 1.65 bits per heavy atom. The number of nitrogens with one attached hydrogen (secondary N) is 2. The molecule has 3 N–H and O–H groups in total. The molecule has 1 fully saturated rings. The van der Waals surface area contributed by atoms with Gasteiger partial charge in [-0.05, 0) is 37.8 Å². The van der Waals surface area contributed by atoms with E-state index >= 15 is 0 Å². The van der Waals surface area contributed by atoms with Crippen molar-refractivity contribution in [1.82, 2.24) is 10.2 Å². The van der Waals surface area contributed by atoms with Gasteiger partial charge in [-0.3, -0.25) is 19.2 Å². The largest absolute Gasteiger partial charge is 0.479 e. The first-order valence-electron chi connectivity index (χ1n) is 15.2. The molecule has 2 amide bonds. The van der Waals surface area contributed by atoms with Gasteiger partial charge in [-0.1, -0.05) is 39.0 Å². The second kappa shape index (κ2) is 15.8. The van der Waals surface area contributed by atoms with Crippen molar-refractivity contribution < 1.29 is 56.1 Å². The third-order valence-corrected chi connectivity index (χ3v) is 7.14. The molecule has 264 valence electrons. The summed E-state index contributed by atoms with van der Waals surface area (Å²) in [6.45, 7) is 9.03. The molecule has 11 nitrogen and oxygen atoms in total. The maximum absolute atomic E-state index is 14.1. The molecule has 1 aliphatic heterocycles. The average molecular weight is 684 g/mol. The molecule has 1 saturated heterocycles. The summed E-state index contributed by atoms with van der Waals surface area (Å²) in [5.41, 5.74) is 0.109. The third kappa shape index (κ3) is 10.4. The second-order valence-electron chi connectivity index (χ2n) is 13.3. The fourth-order valence-electron chi connectivity index (χ4n) is 4.82. The Bertz CT molecular complexity index is 1480. The number of ketones is 1. The van der Waals surface area contributed by atoms with Gasteiger partial charge in [0.25, 0.3) is 5.91 Å². The summed E-state index contributed by atoms with van der Waals surface area (Å²) in [6, 6.07) is 5.46. The minimum absolute atomic E-state index is 0.0241. The lowest BCUT2D eigenvalue weighted by atomic mass is 9.86. The quantitative estimate of drug-likeness (QED) is 0.140. The van der Waals surface area contributed by atoms with Crippen molar-refractivity contribution in [2.75, 3.05) is 38.2 Å². The summed E-state index contributed by atoms with van der Waals surface area (Å²) >= 11 is 0. The van der Waals surface area contributed by atoms with E-state index in [1.165, 1.54) is 4.90 Å². The number of rotatable bonds is 11. The lowest BCUT2D eigenvalue weighted by Crippen LogP contribution is -2.51. The predicted octanol–water partition coefficient (Wildman–Crippen LogP) is 3.61. The normalized spacial score (nSPS) is 16.7. The van der Waals surface area contributed by atoms with Crippen LogP contribution in [-0.4, -0.2) is 84.4 Å². The molecule has 0 radical (unpaired) electrons. The summed E-state index contributed by atoms with van der Waals surface area (Å²) in [4.78, 5) is 53.7. The summed E-state index contributed by atoms with van der Waals surface area (Å²) in [6.07, 6.45) is -2.41. The van der Waals surface area contributed by atoms with E-state index in [1.54, 1.807) is 32.9 Å². The lowest BCUT2D eigenvalue weighted by molar-refractivity contribution is -0.156. The summed E-state index contributed by atoms with van der Waals surface area (Å²) in [5, 5.41) is 16.0. The van der Waals surface area contributed by atoms with Gasteiger partial charge in [0.05, 0.1) is 25.6 Å². The number of Topliss-reactive ketones (excluding diaryl/α,β-unsaturated/α-hetero) is 1. The van der Waals surface area contributed by atoms with Crippen molar-refractivity contribution in [2.24, 2.45) is 5.92 Å². The van der Waals surface area contributed by atoms with Crippen LogP contribution in [0.4, 0.5) is 23.2 Å². The summed E-state index contributed by atoms with van der Waals surface area (Å²) in [5.74, 6) is -13.5. The smallest absolute Gasteiger partial charge is 0.308 e. The minimum Gasteiger partial charge on any atom is -0.479 e. The van der Waals surface area contributed by atoms with Crippen LogP contribution in [-0.2, 0) is 34.1 Å². The zero-order valence-corrected chi connectivity index (χ0v) is 27.6. The number of carbonyl (C=O) groups excluding carboxylic acids is 4. The number of anilines is 1. The number of ether oxygens (including phenoxy) is 3. The highest BCUT2D eigenvalue weighted by Gasteiger charge is 2.35. The number of amides is 2. The molecule has 0 saturated carbocycles. The van der Waals surface area contributed by atoms with Gasteiger partial charge in [0.1, 0.15) is 18.2 Å². The number of aliphatic hydroxyl groups excluding tert-OH is 1. The molecule has 0 bridgehead atoms. The van der Waals surface area contributed by atoms with Crippen molar-refractivity contribution in [2.45, 2.75) is 71.2 Å². The number of esters is 1. The van der Waals surface area contributed by atoms with Crippen LogP contribution in [0, 0.1) is 29.2 Å². The van der Waals surface area contributed by atoms with Gasteiger partial charge in [-0.25, -0.2) is 8.78 Å². The van der Waals surface area contributed by atoms with E-state index in [0.29, 0.717) is 5.69 Å². The fraction of sp³-hybridized carbons (Fsp3) is 0.515. The standard InChI is InChI=1S/C33H41F4N3O8/c1-32(2,3)19-9-7-8-10-22(19)38-30(44)31(45)40-11-12-46-16-18(15-40)29(43)39-23(14-25(42)48-33(4,5)6)24(41)17-47-28-26(36)20(34)13-21(35)27(28)37/h7-10,13,18,23,30,38,44H,11-12,14-17H2,1-6H3,(H,39,43)/t18-,23+,30?/m1/s1. The number of hydrogen-bond acceptors (Lipinski definition) is 9. The van der Waals surface area contributed by atoms with Crippen LogP contribution in [0.25, 0.3) is 0 Å². The highest BCUT2D eigenvalue weighted by atomic mass is 19.2. The SMILES string of the molecule is CC(C)(C)OC(=O)C[C@H](NC(=O)[C@H]1COCCN(C(=O)C(O)Nc2ccccc2C(C)(C)C)C1)C(=O)COc1c(F)c(F)cc(F)c1F. The van der Waals surface area contributed by atoms with E-state index in [-0.39, 0.29) is 37.8 Å². The van der Waals surface area contributed by atoms with Crippen molar-refractivity contribution in [3.05, 3.63) is 59.2 Å². The Morgan fingerprint density at radius 1 is 1.02 bits per heavy atom. The van der Waals surface area contributed by atoms with E-state index in [9.17, 15) is 41.8 Å². The topological polar surface area (TPSA) is 144 Å². The number of aliphatic hydroxyl groups is 1. The number of benzene rings is 2. The lowest BCUT2D eigenvalue weighted by Gasteiger charge is -2.29. The van der Waals surface area contributed by atoms with E-state index < -0.39 is 89.4 Å². The Kier molecular flexibility index (Phi) is 12.6. The highest BCUT2D eigenvalue weighted by molar-refractivity contribution is 5.94. The van der Waals surface area contributed by atoms with Gasteiger partial charge in [-0.2, -0.15) is 8.78 Å². The summed E-state index contributed by atoms with van der Waals surface area (Å²) < 4.78 is 71.0. The van der Waals surface area contributed by atoms with Crippen molar-refractivity contribution in [3.8, 4) is 5.75 Å². The van der Waals surface area contributed by atoms with Gasteiger partial charge in [0.2, 0.25) is 23.8 Å². The first-order chi connectivity index (χ1) is 22.3. The molecule has 3 atom stereocenters. The van der Waals surface area contributed by atoms with E-state index in [4.69, 9.17) is 14.2 Å². The molecule has 1 heterocycles. The van der Waals surface area contributed by atoms with Gasteiger partial charge in [-0.15, -0.1) is 0 Å². The number of nitrogens with zero attached hydrogens (tertiary/aromatic N) is 1. The van der Waals surface area contributed by atoms with Crippen LogP contribution < -0.4 is 15.4 Å². The zero-order valence-electron chi connectivity index (χ0n) is 27.6. The van der Waals surface area contributed by atoms with Gasteiger partial charge < -0.3 is 34.9 Å². The maximum Gasteiger partial charge on any atom is 0.308 e. The molecule has 0 spiro atoms. The first kappa shape index (κ1) is 38.2. The third-order valence-electron chi connectivity index (χ3n) is 7.14. The molecule has 2 aromatic rings. The molecular weight excluding hydrogens is 642 g/mol. The molecule has 0 aromatic heterocycles. The van der Waals surface area contributed by atoms with Crippen LogP contribution in [0.5, 0.6) is 5.75 Å². The molecular formula is C33H41F4N3O8. The monoisotopic (exact) mass is 683 g/mol. The number of para-hydroxylation sites is 1. The second-order valence-corrected chi connectivity index (χ2v) is 13.3. The van der Waals surface area contributed by atoms with Gasteiger partial charge >= 0.3 is 5.97 Å². The fourth-order valence-corrected chi connectivity index (χ4v) is 4.82. The van der Waals surface area contributed by atoms with E-state index in [1.807, 2.05) is 32.9 Å². The molecule has 2 aromatic carbocycles. The Labute approximate surface area is 275 Å². The van der Waals surface area contributed by atoms with Crippen molar-refractivity contribution in [3.63, 3.8) is 0 Å². The summed E-state index contributed by atoms with van der Waals surface area (Å²) in [7, 11) is 0. The van der Waals surface area contributed by atoms with Gasteiger partial charge in [0.15, 0.2) is 23.2 Å². The number of hydrogen-bond donors (Lipinski definition) is 3. The molecule has 1 unspecified atom stereocenters. The van der Waals surface area contributed by atoms with E-state index in [0.717, 1.165) is 5.56 Å². The molecule has 48 heavy (non-hydrogen) atoms.